The molecule has 0 spiro atoms. The van der Waals surface area contributed by atoms with Crippen molar-refractivity contribution in [3.8, 4) is 0 Å². The van der Waals surface area contributed by atoms with Gasteiger partial charge in [-0.1, -0.05) is 0 Å². The molecule has 0 saturated heterocycles. The second-order valence-electron chi connectivity index (χ2n) is 5.19. The lowest BCUT2D eigenvalue weighted by Gasteiger charge is -2.33. The molecular formula is C13H28N2O5S2. The van der Waals surface area contributed by atoms with Gasteiger partial charge >= 0.3 is 0 Å². The van der Waals surface area contributed by atoms with Crippen molar-refractivity contribution >= 4 is 35.3 Å². The van der Waals surface area contributed by atoms with E-state index in [9.17, 15) is 9.59 Å². The fourth-order valence-corrected chi connectivity index (χ4v) is 3.37. The number of carbonyl (C=O) groups is 2. The summed E-state index contributed by atoms with van der Waals surface area (Å²) >= 11 is 4.37. The molecule has 0 saturated carbocycles. The summed E-state index contributed by atoms with van der Waals surface area (Å²) < 4.78 is 15.1. The third-order valence-corrected chi connectivity index (χ3v) is 5.52. The van der Waals surface area contributed by atoms with Crippen molar-refractivity contribution in [1.29, 1.82) is 0 Å². The molecule has 22 heavy (non-hydrogen) atoms. The Morgan fingerprint density at radius 2 is 1.68 bits per heavy atom. The minimum absolute atomic E-state index is 0.274. The first kappa shape index (κ1) is 21.5. The minimum Gasteiger partial charge on any atom is -0.354 e. The maximum absolute atomic E-state index is 12.2. The Bertz CT molecular complexity index is 362. The van der Waals surface area contributed by atoms with Gasteiger partial charge in [0, 0.05) is 24.0 Å². The second-order valence-corrected chi connectivity index (χ2v) is 8.87. The van der Waals surface area contributed by atoms with E-state index in [1.165, 1.54) is 28.3 Å². The van der Waals surface area contributed by atoms with Gasteiger partial charge in [0.1, 0.15) is 6.04 Å². The van der Waals surface area contributed by atoms with Gasteiger partial charge in [-0.3, -0.25) is 22.1 Å². The largest absolute Gasteiger partial charge is 0.354 e. The van der Waals surface area contributed by atoms with E-state index in [-0.39, 0.29) is 11.8 Å². The van der Waals surface area contributed by atoms with Gasteiger partial charge in [-0.05, 0) is 20.3 Å². The molecule has 2 N–H and O–H groups in total. The highest BCUT2D eigenvalue weighted by atomic mass is 32.3. The van der Waals surface area contributed by atoms with Gasteiger partial charge in [0.25, 0.3) is 0 Å². The molecule has 1 unspecified atom stereocenters. The Morgan fingerprint density at radius 1 is 1.18 bits per heavy atom. The van der Waals surface area contributed by atoms with Crippen LogP contribution in [0.1, 0.15) is 27.2 Å². The van der Waals surface area contributed by atoms with Gasteiger partial charge in [-0.25, -0.2) is 0 Å². The molecule has 0 radical (unpaired) electrons. The Morgan fingerprint density at radius 3 is 2.05 bits per heavy atom. The van der Waals surface area contributed by atoms with Crippen LogP contribution in [0, 0.1) is 0 Å². The highest BCUT2D eigenvalue weighted by Gasteiger charge is 2.33. The predicted molar refractivity (Wildman–Crippen MR) is 91.8 cm³/mol. The van der Waals surface area contributed by atoms with Crippen LogP contribution in [0.5, 0.6) is 0 Å². The highest BCUT2D eigenvalue weighted by Crippen LogP contribution is 2.49. The SMILES string of the molecule is COS(CCCNC(=O)C(NC(C)=O)C(C)(C)S)(OC)OC. The van der Waals surface area contributed by atoms with E-state index in [1.54, 1.807) is 13.8 Å². The van der Waals surface area contributed by atoms with Gasteiger partial charge in [0.2, 0.25) is 11.8 Å². The average Bonchev–Trinajstić information content (AvgIpc) is 2.44. The zero-order valence-corrected chi connectivity index (χ0v) is 15.8. The summed E-state index contributed by atoms with van der Waals surface area (Å²) in [6, 6.07) is -0.710. The summed E-state index contributed by atoms with van der Waals surface area (Å²) in [6.45, 7) is 5.33. The van der Waals surface area contributed by atoms with E-state index in [0.717, 1.165) is 0 Å². The van der Waals surface area contributed by atoms with Crippen molar-refractivity contribution in [3.05, 3.63) is 0 Å². The molecule has 2 amide bonds. The van der Waals surface area contributed by atoms with E-state index < -0.39 is 21.7 Å². The number of thiol groups is 1. The molecular weight excluding hydrogens is 328 g/mol. The van der Waals surface area contributed by atoms with Crippen LogP contribution in [0.4, 0.5) is 0 Å². The van der Waals surface area contributed by atoms with Gasteiger partial charge in [0.05, 0.1) is 32.2 Å². The summed E-state index contributed by atoms with van der Waals surface area (Å²) in [4.78, 5) is 23.4. The van der Waals surface area contributed by atoms with Crippen molar-refractivity contribution in [2.45, 2.75) is 38.0 Å². The summed E-state index contributed by atoms with van der Waals surface area (Å²) in [7, 11) is 2.56. The van der Waals surface area contributed by atoms with E-state index in [4.69, 9.17) is 12.5 Å². The van der Waals surface area contributed by atoms with E-state index in [0.29, 0.717) is 18.7 Å². The normalized spacial score (nSPS) is 14.3. The maximum Gasteiger partial charge on any atom is 0.243 e. The standard InChI is InChI=1S/C13H28N2O5S2/c1-10(16)15-11(13(2,3)21)12(17)14-8-7-9-22(18-4,19-5)20-6/h11,21H,7-9H2,1-6H3,(H,14,17)(H,15,16). The quantitative estimate of drug-likeness (QED) is 0.404. The van der Waals surface area contributed by atoms with Crippen LogP contribution in [0.25, 0.3) is 0 Å². The molecule has 0 aromatic heterocycles. The van der Waals surface area contributed by atoms with Crippen LogP contribution in [-0.4, -0.2) is 56.2 Å². The average molecular weight is 357 g/mol. The molecule has 0 bridgehead atoms. The topological polar surface area (TPSA) is 85.9 Å². The zero-order chi connectivity index (χ0) is 17.4. The van der Waals surface area contributed by atoms with Crippen molar-refractivity contribution in [2.75, 3.05) is 33.6 Å². The van der Waals surface area contributed by atoms with Crippen molar-refractivity contribution in [3.63, 3.8) is 0 Å². The molecule has 7 nitrogen and oxygen atoms in total. The summed E-state index contributed by atoms with van der Waals surface area (Å²) in [6.07, 6.45) is 0.621. The lowest BCUT2D eigenvalue weighted by molar-refractivity contribution is -0.128. The summed E-state index contributed by atoms with van der Waals surface area (Å²) in [5, 5.41) is 5.40. The molecule has 0 rings (SSSR count). The third kappa shape index (κ3) is 7.19. The number of rotatable bonds is 10. The first-order chi connectivity index (χ1) is 10.1. The van der Waals surface area contributed by atoms with E-state index >= 15 is 0 Å². The summed E-state index contributed by atoms with van der Waals surface area (Å²) in [5.74, 6) is -0.0156. The molecule has 0 heterocycles. The van der Waals surface area contributed by atoms with Crippen molar-refractivity contribution < 1.29 is 22.1 Å². The Labute approximate surface area is 140 Å². The third-order valence-electron chi connectivity index (χ3n) is 2.95. The Balaban J connectivity index is 4.44. The maximum atomic E-state index is 12.2. The number of amides is 2. The fourth-order valence-electron chi connectivity index (χ4n) is 1.78. The van der Waals surface area contributed by atoms with Crippen LogP contribution < -0.4 is 10.6 Å². The van der Waals surface area contributed by atoms with Crippen molar-refractivity contribution in [1.82, 2.24) is 10.6 Å². The van der Waals surface area contributed by atoms with Crippen LogP contribution in [0.15, 0.2) is 0 Å². The number of hydrogen-bond acceptors (Lipinski definition) is 6. The lowest BCUT2D eigenvalue weighted by atomic mass is 10.0. The molecule has 0 aromatic carbocycles. The van der Waals surface area contributed by atoms with Gasteiger partial charge in [0.15, 0.2) is 0 Å². The molecule has 0 fully saturated rings. The van der Waals surface area contributed by atoms with Crippen LogP contribution >= 0.6 is 23.5 Å². The van der Waals surface area contributed by atoms with Crippen LogP contribution in [0.3, 0.4) is 0 Å². The summed E-state index contributed by atoms with van der Waals surface area (Å²) in [5.41, 5.74) is 0. The second kappa shape index (κ2) is 9.61. The Hall–Kier alpha value is -0.480. The first-order valence-electron chi connectivity index (χ1n) is 6.86. The predicted octanol–water partition coefficient (Wildman–Crippen LogP) is 1.19. The zero-order valence-electron chi connectivity index (χ0n) is 14.1. The Kier molecular flexibility index (Phi) is 9.40. The molecule has 0 aliphatic heterocycles. The molecule has 0 aliphatic carbocycles. The molecule has 0 aliphatic rings. The van der Waals surface area contributed by atoms with Gasteiger partial charge in [-0.15, -0.1) is 0 Å². The number of nitrogens with one attached hydrogen (secondary N) is 2. The van der Waals surface area contributed by atoms with Gasteiger partial charge < -0.3 is 10.6 Å². The first-order valence-corrected chi connectivity index (χ1v) is 8.89. The van der Waals surface area contributed by atoms with Crippen molar-refractivity contribution in [2.24, 2.45) is 0 Å². The minimum atomic E-state index is -2.01. The van der Waals surface area contributed by atoms with Crippen LogP contribution in [0.2, 0.25) is 0 Å². The van der Waals surface area contributed by atoms with E-state index in [2.05, 4.69) is 23.3 Å². The molecule has 132 valence electrons. The fraction of sp³-hybridized carbons (Fsp3) is 0.846. The number of carbonyl (C=O) groups excluding carboxylic acids is 2. The smallest absolute Gasteiger partial charge is 0.243 e. The molecule has 1 atom stereocenters. The highest BCUT2D eigenvalue weighted by molar-refractivity contribution is 8.21. The van der Waals surface area contributed by atoms with Gasteiger partial charge in [-0.2, -0.15) is 12.6 Å². The number of hydrogen-bond donors (Lipinski definition) is 3. The molecule has 0 aromatic rings. The van der Waals surface area contributed by atoms with E-state index in [1.807, 2.05) is 0 Å². The monoisotopic (exact) mass is 356 g/mol. The molecule has 9 heteroatoms. The lowest BCUT2D eigenvalue weighted by Crippen LogP contribution is -2.55. The van der Waals surface area contributed by atoms with Crippen LogP contribution in [-0.2, 0) is 22.1 Å².